The maximum Gasteiger partial charge on any atom is 0.292 e. The normalized spacial score (nSPS) is 12.8. The van der Waals surface area contributed by atoms with Crippen LogP contribution in [0.4, 0.5) is 11.4 Å². The zero-order valence-corrected chi connectivity index (χ0v) is 12.3. The Morgan fingerprint density at radius 2 is 2.05 bits per heavy atom. The maximum absolute atomic E-state index is 11.2. The molecule has 1 unspecified atom stereocenters. The molecular weight excluding hydrogens is 258 g/mol. The summed E-state index contributed by atoms with van der Waals surface area (Å²) in [5.74, 6) is -0.300. The van der Waals surface area contributed by atoms with Gasteiger partial charge in [-0.15, -0.1) is 0 Å². The van der Waals surface area contributed by atoms with E-state index in [-0.39, 0.29) is 16.7 Å². The van der Waals surface area contributed by atoms with Gasteiger partial charge in [-0.05, 0) is 23.5 Å². The van der Waals surface area contributed by atoms with Crippen LogP contribution >= 0.6 is 0 Å². The molecule has 0 saturated heterocycles. The zero-order chi connectivity index (χ0) is 15.5. The summed E-state index contributed by atoms with van der Waals surface area (Å²) in [4.78, 5) is 21.7. The van der Waals surface area contributed by atoms with Gasteiger partial charge in [-0.3, -0.25) is 14.9 Å². The van der Waals surface area contributed by atoms with Gasteiger partial charge in [0.15, 0.2) is 0 Å². The van der Waals surface area contributed by atoms with Gasteiger partial charge in [-0.25, -0.2) is 0 Å². The van der Waals surface area contributed by atoms with Gasteiger partial charge in [0.25, 0.3) is 5.69 Å². The van der Waals surface area contributed by atoms with Crippen molar-refractivity contribution in [2.24, 2.45) is 17.1 Å². The predicted molar refractivity (Wildman–Crippen MR) is 78.7 cm³/mol. The standard InChI is InChI=1S/C14H21N3O3/c1-9(14(2,3)4)8-16-11-7-10(13(15)18)5-6-12(11)17(19)20/h5-7,9,16H,8H2,1-4H3,(H2,15,18). The molecule has 0 bridgehead atoms. The second-order valence-electron chi connectivity index (χ2n) is 6.00. The predicted octanol–water partition coefficient (Wildman–Crippen LogP) is 2.79. The Kier molecular flexibility index (Phi) is 4.70. The number of nitrogens with zero attached hydrogens (tertiary/aromatic N) is 1. The fraction of sp³-hybridized carbons (Fsp3) is 0.500. The number of nitro benzene ring substituents is 1. The number of benzene rings is 1. The van der Waals surface area contributed by atoms with Crippen LogP contribution in [0.1, 0.15) is 38.1 Å². The molecule has 6 nitrogen and oxygen atoms in total. The number of anilines is 1. The Balaban J connectivity index is 2.99. The first-order valence-electron chi connectivity index (χ1n) is 6.45. The molecule has 0 radical (unpaired) electrons. The van der Waals surface area contributed by atoms with Crippen LogP contribution in [0.2, 0.25) is 0 Å². The van der Waals surface area contributed by atoms with E-state index in [1.54, 1.807) is 0 Å². The summed E-state index contributed by atoms with van der Waals surface area (Å²) in [6.45, 7) is 8.96. The Hall–Kier alpha value is -2.11. The number of nitrogens with one attached hydrogen (secondary N) is 1. The topological polar surface area (TPSA) is 98.3 Å². The smallest absolute Gasteiger partial charge is 0.292 e. The van der Waals surface area contributed by atoms with E-state index in [0.29, 0.717) is 18.2 Å². The van der Waals surface area contributed by atoms with Crippen molar-refractivity contribution in [3.8, 4) is 0 Å². The lowest BCUT2D eigenvalue weighted by atomic mass is 9.82. The van der Waals surface area contributed by atoms with Crippen LogP contribution in [0.3, 0.4) is 0 Å². The maximum atomic E-state index is 11.2. The second-order valence-corrected chi connectivity index (χ2v) is 6.00. The molecule has 0 aliphatic carbocycles. The molecule has 3 N–H and O–H groups in total. The SMILES string of the molecule is CC(CNc1cc(C(N)=O)ccc1[N+](=O)[O-])C(C)(C)C. The summed E-state index contributed by atoms with van der Waals surface area (Å²) in [6.07, 6.45) is 0. The van der Waals surface area contributed by atoms with Crippen molar-refractivity contribution >= 4 is 17.3 Å². The van der Waals surface area contributed by atoms with Crippen molar-refractivity contribution in [2.45, 2.75) is 27.7 Å². The molecule has 110 valence electrons. The minimum absolute atomic E-state index is 0.0592. The fourth-order valence-corrected chi connectivity index (χ4v) is 1.56. The Morgan fingerprint density at radius 3 is 2.50 bits per heavy atom. The van der Waals surface area contributed by atoms with Crippen molar-refractivity contribution in [3.05, 3.63) is 33.9 Å². The first-order chi connectivity index (χ1) is 9.12. The number of carbonyl (C=O) groups excluding carboxylic acids is 1. The van der Waals surface area contributed by atoms with E-state index >= 15 is 0 Å². The molecule has 0 saturated carbocycles. The minimum atomic E-state index is -0.605. The number of carbonyl (C=O) groups is 1. The average Bonchev–Trinajstić information content (AvgIpc) is 2.33. The third-order valence-corrected chi connectivity index (χ3v) is 3.55. The van der Waals surface area contributed by atoms with E-state index in [1.165, 1.54) is 18.2 Å². The van der Waals surface area contributed by atoms with Crippen LogP contribution in [0.25, 0.3) is 0 Å². The highest BCUT2D eigenvalue weighted by molar-refractivity contribution is 5.94. The van der Waals surface area contributed by atoms with E-state index < -0.39 is 10.8 Å². The van der Waals surface area contributed by atoms with Gasteiger partial charge < -0.3 is 11.1 Å². The monoisotopic (exact) mass is 279 g/mol. The number of hydrogen-bond donors (Lipinski definition) is 2. The molecule has 0 aliphatic rings. The number of hydrogen-bond acceptors (Lipinski definition) is 4. The molecule has 0 fully saturated rings. The van der Waals surface area contributed by atoms with Crippen LogP contribution in [0, 0.1) is 21.4 Å². The summed E-state index contributed by atoms with van der Waals surface area (Å²) in [7, 11) is 0. The van der Waals surface area contributed by atoms with Crippen molar-refractivity contribution in [3.63, 3.8) is 0 Å². The van der Waals surface area contributed by atoms with Crippen LogP contribution < -0.4 is 11.1 Å². The van der Waals surface area contributed by atoms with E-state index in [1.807, 2.05) is 0 Å². The minimum Gasteiger partial charge on any atom is -0.379 e. The van der Waals surface area contributed by atoms with E-state index in [2.05, 4.69) is 33.0 Å². The Bertz CT molecular complexity index is 521. The summed E-state index contributed by atoms with van der Waals surface area (Å²) >= 11 is 0. The molecule has 1 aromatic rings. The molecule has 1 rings (SSSR count). The highest BCUT2D eigenvalue weighted by Crippen LogP contribution is 2.29. The quantitative estimate of drug-likeness (QED) is 0.639. The molecule has 20 heavy (non-hydrogen) atoms. The number of primary amides is 1. The molecule has 0 aliphatic heterocycles. The fourth-order valence-electron chi connectivity index (χ4n) is 1.56. The van der Waals surface area contributed by atoms with Crippen molar-refractivity contribution in [1.29, 1.82) is 0 Å². The van der Waals surface area contributed by atoms with Gasteiger partial charge in [-0.1, -0.05) is 27.7 Å². The number of rotatable bonds is 5. The molecule has 1 atom stereocenters. The first kappa shape index (κ1) is 15.9. The first-order valence-corrected chi connectivity index (χ1v) is 6.45. The van der Waals surface area contributed by atoms with Crippen LogP contribution in [-0.2, 0) is 0 Å². The van der Waals surface area contributed by atoms with Crippen LogP contribution in [0.15, 0.2) is 18.2 Å². The van der Waals surface area contributed by atoms with Crippen molar-refractivity contribution < 1.29 is 9.72 Å². The average molecular weight is 279 g/mol. The van der Waals surface area contributed by atoms with E-state index in [9.17, 15) is 14.9 Å². The molecule has 1 aromatic carbocycles. The number of amides is 1. The van der Waals surface area contributed by atoms with Crippen LogP contribution in [-0.4, -0.2) is 17.4 Å². The van der Waals surface area contributed by atoms with Crippen molar-refractivity contribution in [2.75, 3.05) is 11.9 Å². The van der Waals surface area contributed by atoms with Gasteiger partial charge in [-0.2, -0.15) is 0 Å². The highest BCUT2D eigenvalue weighted by atomic mass is 16.6. The van der Waals surface area contributed by atoms with E-state index in [4.69, 9.17) is 5.73 Å². The summed E-state index contributed by atoms with van der Waals surface area (Å²) in [6, 6.07) is 4.08. The zero-order valence-electron chi connectivity index (χ0n) is 12.3. The third-order valence-electron chi connectivity index (χ3n) is 3.55. The van der Waals surface area contributed by atoms with Gasteiger partial charge in [0.05, 0.1) is 4.92 Å². The number of nitro groups is 1. The highest BCUT2D eigenvalue weighted by Gasteiger charge is 2.21. The number of nitrogens with two attached hydrogens (primary N) is 1. The van der Waals surface area contributed by atoms with Crippen LogP contribution in [0.5, 0.6) is 0 Å². The molecular formula is C14H21N3O3. The van der Waals surface area contributed by atoms with Gasteiger partial charge in [0, 0.05) is 18.2 Å². The third kappa shape index (κ3) is 3.94. The lowest BCUT2D eigenvalue weighted by Gasteiger charge is -2.27. The lowest BCUT2D eigenvalue weighted by Crippen LogP contribution is -2.25. The lowest BCUT2D eigenvalue weighted by molar-refractivity contribution is -0.384. The molecule has 0 heterocycles. The summed E-state index contributed by atoms with van der Waals surface area (Å²) in [5, 5.41) is 14.0. The van der Waals surface area contributed by atoms with Gasteiger partial charge >= 0.3 is 0 Å². The molecule has 0 aromatic heterocycles. The summed E-state index contributed by atoms with van der Waals surface area (Å²) < 4.78 is 0. The second kappa shape index (κ2) is 5.90. The largest absolute Gasteiger partial charge is 0.379 e. The Labute approximate surface area is 118 Å². The summed E-state index contributed by atoms with van der Waals surface area (Å²) in [5.41, 5.74) is 5.80. The molecule has 0 spiro atoms. The Morgan fingerprint density at radius 1 is 1.45 bits per heavy atom. The van der Waals surface area contributed by atoms with Gasteiger partial charge in [0.2, 0.25) is 5.91 Å². The molecule has 1 amide bonds. The van der Waals surface area contributed by atoms with E-state index in [0.717, 1.165) is 0 Å². The van der Waals surface area contributed by atoms with Gasteiger partial charge in [0.1, 0.15) is 5.69 Å². The molecule has 6 heteroatoms. The van der Waals surface area contributed by atoms with Crippen molar-refractivity contribution in [1.82, 2.24) is 0 Å².